The maximum atomic E-state index is 2.95. The van der Waals surface area contributed by atoms with Crippen LogP contribution in [0.5, 0.6) is 0 Å². The van der Waals surface area contributed by atoms with Gasteiger partial charge in [-0.25, -0.2) is 0 Å². The monoisotopic (exact) mass is 102 g/mol. The van der Waals surface area contributed by atoms with Crippen LogP contribution in [-0.2, 0) is 0 Å². The van der Waals surface area contributed by atoms with E-state index in [1.165, 1.54) is 9.91 Å². The lowest BCUT2D eigenvalue weighted by atomic mass is 10.9. The lowest BCUT2D eigenvalue weighted by Gasteiger charge is -1.58. The maximum absolute atomic E-state index is 2.95. The van der Waals surface area contributed by atoms with E-state index in [0.717, 1.165) is 8.13 Å². The molecule has 0 aliphatic heterocycles. The predicted molar refractivity (Wildman–Crippen MR) is 31.7 cm³/mol. The van der Waals surface area contributed by atoms with Crippen LogP contribution >= 0.6 is 8.13 Å². The van der Waals surface area contributed by atoms with E-state index >= 15 is 0 Å². The molecule has 0 saturated heterocycles. The lowest BCUT2D eigenvalue weighted by Crippen LogP contribution is -1.34. The third kappa shape index (κ3) is 4.21. The predicted octanol–water partition coefficient (Wildman–Crippen LogP) is -0.0739. The van der Waals surface area contributed by atoms with Crippen molar-refractivity contribution >= 4 is 18.0 Å². The SMILES string of the molecule is CC#CP[SiH3]. The van der Waals surface area contributed by atoms with Gasteiger partial charge >= 0.3 is 0 Å². The van der Waals surface area contributed by atoms with Gasteiger partial charge in [-0.2, -0.15) is 0 Å². The molecule has 0 amide bonds. The largest absolute Gasteiger partial charge is 0.103 e. The summed E-state index contributed by atoms with van der Waals surface area (Å²) in [4.78, 5) is 0. The first-order chi connectivity index (χ1) is 2.41. The molecule has 0 aromatic rings. The summed E-state index contributed by atoms with van der Waals surface area (Å²) in [7, 11) is 2.19. The van der Waals surface area contributed by atoms with Gasteiger partial charge in [-0.3, -0.25) is 0 Å². The molecular weight excluding hydrogens is 95.1 g/mol. The number of hydrogen-bond donors (Lipinski definition) is 0. The lowest BCUT2D eigenvalue weighted by molar-refractivity contribution is 1.94. The Hall–Kier alpha value is 0.207. The Balaban J connectivity index is 2.81. The van der Waals surface area contributed by atoms with Gasteiger partial charge in [0.05, 0.1) is 0 Å². The topological polar surface area (TPSA) is 0 Å². The van der Waals surface area contributed by atoms with Crippen molar-refractivity contribution < 1.29 is 0 Å². The molecule has 0 fully saturated rings. The Morgan fingerprint density at radius 1 is 1.80 bits per heavy atom. The molecule has 0 bridgehead atoms. The molecule has 28 valence electrons. The van der Waals surface area contributed by atoms with E-state index in [1.807, 2.05) is 6.92 Å². The highest BCUT2D eigenvalue weighted by Crippen LogP contribution is 1.91. The van der Waals surface area contributed by atoms with Gasteiger partial charge in [0, 0.05) is 9.91 Å². The average Bonchev–Trinajstić information content (AvgIpc) is 1.41. The van der Waals surface area contributed by atoms with E-state index in [-0.39, 0.29) is 0 Å². The van der Waals surface area contributed by atoms with Crippen molar-refractivity contribution in [3.8, 4) is 11.6 Å². The summed E-state index contributed by atoms with van der Waals surface area (Å²) >= 11 is 0. The summed E-state index contributed by atoms with van der Waals surface area (Å²) in [6, 6.07) is 0. The Kier molecular flexibility index (Phi) is 4.38. The molecule has 0 heterocycles. The van der Waals surface area contributed by atoms with Crippen molar-refractivity contribution in [2.75, 3.05) is 0 Å². The average molecular weight is 102 g/mol. The Morgan fingerprint density at radius 2 is 2.40 bits per heavy atom. The maximum Gasteiger partial charge on any atom is 0.0443 e. The Bertz CT molecular complexity index is 59.0. The van der Waals surface area contributed by atoms with Crippen molar-refractivity contribution in [2.24, 2.45) is 0 Å². The fourth-order valence-corrected chi connectivity index (χ4v) is 1.12. The zero-order valence-electron chi connectivity index (χ0n) is 3.50. The van der Waals surface area contributed by atoms with Crippen molar-refractivity contribution in [2.45, 2.75) is 6.92 Å². The van der Waals surface area contributed by atoms with Gasteiger partial charge in [-0.1, -0.05) is 13.8 Å². The van der Waals surface area contributed by atoms with Crippen LogP contribution in [-0.4, -0.2) is 9.91 Å². The second kappa shape index (κ2) is 4.21. The van der Waals surface area contributed by atoms with Crippen molar-refractivity contribution in [3.63, 3.8) is 0 Å². The highest BCUT2D eigenvalue weighted by atomic mass is 31.3. The molecule has 5 heavy (non-hydrogen) atoms. The second-order valence-electron chi connectivity index (χ2n) is 0.625. The van der Waals surface area contributed by atoms with Crippen LogP contribution < -0.4 is 0 Å². The Labute approximate surface area is 37.4 Å². The molecule has 1 unspecified atom stereocenters. The van der Waals surface area contributed by atoms with Gasteiger partial charge < -0.3 is 0 Å². The quantitative estimate of drug-likeness (QED) is 0.228. The van der Waals surface area contributed by atoms with E-state index < -0.39 is 0 Å². The first-order valence-corrected chi connectivity index (χ1v) is 6.00. The van der Waals surface area contributed by atoms with Crippen molar-refractivity contribution in [1.29, 1.82) is 0 Å². The van der Waals surface area contributed by atoms with Gasteiger partial charge in [-0.15, -0.1) is 5.92 Å². The molecule has 0 N–H and O–H groups in total. The molecule has 1 atom stereocenters. The fourth-order valence-electron chi connectivity index (χ4n) is 0.125. The van der Waals surface area contributed by atoms with E-state index in [2.05, 4.69) is 11.6 Å². The molecule has 0 saturated carbocycles. The van der Waals surface area contributed by atoms with Gasteiger partial charge in [0.2, 0.25) is 0 Å². The van der Waals surface area contributed by atoms with Crippen LogP contribution in [0.15, 0.2) is 0 Å². The zero-order valence-corrected chi connectivity index (χ0v) is 6.50. The van der Waals surface area contributed by atoms with E-state index in [4.69, 9.17) is 0 Å². The highest BCUT2D eigenvalue weighted by molar-refractivity contribution is 7.70. The summed E-state index contributed by atoms with van der Waals surface area (Å²) < 4.78 is 0. The molecule has 0 spiro atoms. The minimum Gasteiger partial charge on any atom is -0.103 e. The third-order valence-electron chi connectivity index (χ3n) is 0.250. The smallest absolute Gasteiger partial charge is 0.0443 e. The van der Waals surface area contributed by atoms with Gasteiger partial charge in [0.15, 0.2) is 0 Å². The van der Waals surface area contributed by atoms with Crippen LogP contribution in [0, 0.1) is 11.6 Å². The van der Waals surface area contributed by atoms with Gasteiger partial charge in [0.1, 0.15) is 0 Å². The highest BCUT2D eigenvalue weighted by Gasteiger charge is 1.48. The summed E-state index contributed by atoms with van der Waals surface area (Å²) in [6.07, 6.45) is 0. The van der Waals surface area contributed by atoms with Crippen LogP contribution in [0.2, 0.25) is 0 Å². The first-order valence-electron chi connectivity index (χ1n) is 1.50. The molecule has 0 nitrogen and oxygen atoms in total. The van der Waals surface area contributed by atoms with Crippen molar-refractivity contribution in [1.82, 2.24) is 0 Å². The van der Waals surface area contributed by atoms with Crippen LogP contribution in [0.25, 0.3) is 0 Å². The molecule has 0 aromatic heterocycles. The summed E-state index contributed by atoms with van der Waals surface area (Å²) in [6.45, 7) is 1.88. The molecule has 0 rings (SSSR count). The summed E-state index contributed by atoms with van der Waals surface area (Å²) in [5.41, 5.74) is 2.95. The number of hydrogen-bond acceptors (Lipinski definition) is 0. The summed E-state index contributed by atoms with van der Waals surface area (Å²) in [5.74, 6) is 2.81. The summed E-state index contributed by atoms with van der Waals surface area (Å²) in [5, 5.41) is 0. The van der Waals surface area contributed by atoms with Crippen LogP contribution in [0.1, 0.15) is 6.92 Å². The third-order valence-corrected chi connectivity index (χ3v) is 1.50. The van der Waals surface area contributed by atoms with Gasteiger partial charge in [0.25, 0.3) is 0 Å². The zero-order chi connectivity index (χ0) is 4.12. The van der Waals surface area contributed by atoms with Crippen LogP contribution in [0.3, 0.4) is 0 Å². The molecule has 2 heteroatoms. The second-order valence-corrected chi connectivity index (χ2v) is 2.88. The van der Waals surface area contributed by atoms with Crippen LogP contribution in [0.4, 0.5) is 0 Å². The standard InChI is InChI=1S/C3H7PSi/c1-2-3-4-5/h4H,1,5H3. The minimum atomic E-state index is 0.936. The minimum absolute atomic E-state index is 0.936. The Morgan fingerprint density at radius 3 is 2.40 bits per heavy atom. The van der Waals surface area contributed by atoms with Crippen molar-refractivity contribution in [3.05, 3.63) is 0 Å². The normalized spacial score (nSPS) is 8.20. The molecule has 0 aliphatic rings. The number of rotatable bonds is 0. The molecule has 0 aliphatic carbocycles. The van der Waals surface area contributed by atoms with E-state index in [9.17, 15) is 0 Å². The van der Waals surface area contributed by atoms with Gasteiger partial charge in [-0.05, 0) is 6.92 Å². The first kappa shape index (κ1) is 5.21. The molecule has 0 radical (unpaired) electrons. The van der Waals surface area contributed by atoms with E-state index in [1.54, 1.807) is 0 Å². The molecule has 0 aromatic carbocycles. The fraction of sp³-hybridized carbons (Fsp3) is 0.333. The molecular formula is C3H7PSi. The van der Waals surface area contributed by atoms with E-state index in [0.29, 0.717) is 0 Å².